The Morgan fingerprint density at radius 3 is 2.45 bits per heavy atom. The zero-order valence-electron chi connectivity index (χ0n) is 11.6. The van der Waals surface area contributed by atoms with Gasteiger partial charge < -0.3 is 15.7 Å². The number of hydrogen-bond donors (Lipinski definition) is 3. The molecule has 0 aliphatic heterocycles. The summed E-state index contributed by atoms with van der Waals surface area (Å²) in [7, 11) is 0. The van der Waals surface area contributed by atoms with Crippen LogP contribution >= 0.6 is 0 Å². The van der Waals surface area contributed by atoms with Crippen molar-refractivity contribution in [3.8, 4) is 0 Å². The van der Waals surface area contributed by atoms with Crippen LogP contribution in [0.15, 0.2) is 30.3 Å². The summed E-state index contributed by atoms with van der Waals surface area (Å²) in [5.41, 5.74) is 0.753. The molecule has 1 unspecified atom stereocenters. The van der Waals surface area contributed by atoms with Crippen LogP contribution in [0, 0.1) is 5.41 Å². The number of amides is 2. The van der Waals surface area contributed by atoms with Crippen molar-refractivity contribution in [2.24, 2.45) is 5.41 Å². The van der Waals surface area contributed by atoms with E-state index in [4.69, 9.17) is 5.11 Å². The summed E-state index contributed by atoms with van der Waals surface area (Å²) in [5, 5.41) is 14.4. The molecule has 1 saturated carbocycles. The van der Waals surface area contributed by atoms with E-state index in [9.17, 15) is 9.59 Å². The molecule has 1 aliphatic carbocycles. The molecule has 0 heterocycles. The maximum Gasteiger partial charge on any atom is 0.309 e. The number of aliphatic hydroxyl groups is 1. The normalized spacial score (nSPS) is 17.1. The molecule has 0 aromatic heterocycles. The fourth-order valence-electron chi connectivity index (χ4n) is 2.00. The van der Waals surface area contributed by atoms with Gasteiger partial charge in [-0.25, -0.2) is 0 Å². The van der Waals surface area contributed by atoms with Gasteiger partial charge in [-0.2, -0.15) is 0 Å². The second-order valence-corrected chi connectivity index (χ2v) is 5.45. The van der Waals surface area contributed by atoms with Crippen LogP contribution in [0.1, 0.15) is 31.4 Å². The molecular formula is C15H20N2O3. The zero-order valence-corrected chi connectivity index (χ0v) is 11.6. The van der Waals surface area contributed by atoms with Gasteiger partial charge in [0, 0.05) is 12.0 Å². The average molecular weight is 276 g/mol. The number of rotatable bonds is 5. The van der Waals surface area contributed by atoms with Crippen molar-refractivity contribution in [2.75, 3.05) is 13.2 Å². The van der Waals surface area contributed by atoms with Crippen LogP contribution < -0.4 is 10.6 Å². The molecule has 5 heteroatoms. The van der Waals surface area contributed by atoms with Gasteiger partial charge in [0.1, 0.15) is 0 Å². The van der Waals surface area contributed by atoms with Crippen molar-refractivity contribution in [2.45, 2.75) is 25.8 Å². The Morgan fingerprint density at radius 1 is 1.25 bits per heavy atom. The molecular weight excluding hydrogens is 256 g/mol. The standard InChI is InChI=1S/C15H20N2O3/c1-11(12-5-3-2-4-6-12)17-14(20)13(19)16-9-15(10-18)7-8-15/h2-6,11,18H,7-10H2,1H3,(H,16,19)(H,17,20). The Morgan fingerprint density at radius 2 is 1.90 bits per heavy atom. The van der Waals surface area contributed by atoms with E-state index >= 15 is 0 Å². The minimum absolute atomic E-state index is 0.0509. The summed E-state index contributed by atoms with van der Waals surface area (Å²) < 4.78 is 0. The predicted octanol–water partition coefficient (Wildman–Crippen LogP) is 0.752. The summed E-state index contributed by atoms with van der Waals surface area (Å²) in [5.74, 6) is -1.29. The highest BCUT2D eigenvalue weighted by Gasteiger charge is 2.42. The molecule has 1 aliphatic rings. The Kier molecular flexibility index (Phi) is 4.39. The third-order valence-electron chi connectivity index (χ3n) is 3.77. The fraction of sp³-hybridized carbons (Fsp3) is 0.467. The highest BCUT2D eigenvalue weighted by atomic mass is 16.3. The zero-order chi connectivity index (χ0) is 14.6. The van der Waals surface area contributed by atoms with E-state index in [1.54, 1.807) is 0 Å². The molecule has 1 aromatic rings. The molecule has 20 heavy (non-hydrogen) atoms. The van der Waals surface area contributed by atoms with E-state index in [1.807, 2.05) is 37.3 Å². The third-order valence-corrected chi connectivity index (χ3v) is 3.77. The maximum atomic E-state index is 11.8. The summed E-state index contributed by atoms with van der Waals surface area (Å²) >= 11 is 0. The van der Waals surface area contributed by atoms with E-state index in [2.05, 4.69) is 10.6 Å². The first-order valence-corrected chi connectivity index (χ1v) is 6.81. The van der Waals surface area contributed by atoms with Gasteiger partial charge in [0.15, 0.2) is 0 Å². The molecule has 2 amide bonds. The quantitative estimate of drug-likeness (QED) is 0.695. The molecule has 1 atom stereocenters. The highest BCUT2D eigenvalue weighted by molar-refractivity contribution is 6.35. The van der Waals surface area contributed by atoms with E-state index in [1.165, 1.54) is 0 Å². The number of aliphatic hydroxyl groups excluding tert-OH is 1. The van der Waals surface area contributed by atoms with Gasteiger partial charge in [-0.15, -0.1) is 0 Å². The van der Waals surface area contributed by atoms with Gasteiger partial charge in [0.25, 0.3) is 0 Å². The number of carbonyl (C=O) groups excluding carboxylic acids is 2. The molecule has 108 valence electrons. The minimum Gasteiger partial charge on any atom is -0.396 e. The largest absolute Gasteiger partial charge is 0.396 e. The molecule has 0 saturated heterocycles. The average Bonchev–Trinajstić information content (AvgIpc) is 3.26. The van der Waals surface area contributed by atoms with Crippen LogP contribution in [0.5, 0.6) is 0 Å². The van der Waals surface area contributed by atoms with Gasteiger partial charge in [-0.3, -0.25) is 9.59 Å². The highest BCUT2D eigenvalue weighted by Crippen LogP contribution is 2.44. The van der Waals surface area contributed by atoms with Crippen LogP contribution in [-0.4, -0.2) is 30.1 Å². The monoisotopic (exact) mass is 276 g/mol. The van der Waals surface area contributed by atoms with E-state index < -0.39 is 11.8 Å². The molecule has 1 fully saturated rings. The molecule has 5 nitrogen and oxygen atoms in total. The topological polar surface area (TPSA) is 78.4 Å². The molecule has 0 bridgehead atoms. The fourth-order valence-corrected chi connectivity index (χ4v) is 2.00. The Bertz CT molecular complexity index is 483. The van der Waals surface area contributed by atoms with Gasteiger partial charge in [0.2, 0.25) is 0 Å². The Labute approximate surface area is 118 Å². The van der Waals surface area contributed by atoms with Crippen molar-refractivity contribution in [1.82, 2.24) is 10.6 Å². The van der Waals surface area contributed by atoms with Gasteiger partial charge in [-0.1, -0.05) is 30.3 Å². The summed E-state index contributed by atoms with van der Waals surface area (Å²) in [6.07, 6.45) is 1.79. The lowest BCUT2D eigenvalue weighted by atomic mass is 10.1. The first kappa shape index (κ1) is 14.5. The summed E-state index contributed by atoms with van der Waals surface area (Å²) in [6, 6.07) is 9.24. The smallest absolute Gasteiger partial charge is 0.309 e. The molecule has 0 radical (unpaired) electrons. The first-order valence-electron chi connectivity index (χ1n) is 6.81. The number of benzene rings is 1. The minimum atomic E-state index is -0.646. The lowest BCUT2D eigenvalue weighted by Gasteiger charge is -2.15. The molecule has 0 spiro atoms. The number of hydrogen-bond acceptors (Lipinski definition) is 3. The van der Waals surface area contributed by atoms with Crippen LogP contribution in [0.2, 0.25) is 0 Å². The van der Waals surface area contributed by atoms with E-state index in [0.717, 1.165) is 18.4 Å². The maximum absolute atomic E-state index is 11.8. The first-order chi connectivity index (χ1) is 9.56. The van der Waals surface area contributed by atoms with Crippen LogP contribution in [0.25, 0.3) is 0 Å². The van der Waals surface area contributed by atoms with Crippen LogP contribution in [0.3, 0.4) is 0 Å². The summed E-state index contributed by atoms with van der Waals surface area (Å²) in [6.45, 7) is 2.24. The third kappa shape index (κ3) is 3.57. The number of nitrogens with one attached hydrogen (secondary N) is 2. The van der Waals surface area contributed by atoms with Crippen LogP contribution in [-0.2, 0) is 9.59 Å². The second kappa shape index (κ2) is 6.05. The van der Waals surface area contributed by atoms with Crippen molar-refractivity contribution in [1.29, 1.82) is 0 Å². The van der Waals surface area contributed by atoms with E-state index in [-0.39, 0.29) is 18.1 Å². The lowest BCUT2D eigenvalue weighted by Crippen LogP contribution is -2.43. The van der Waals surface area contributed by atoms with Gasteiger partial charge in [-0.05, 0) is 25.3 Å². The molecule has 3 N–H and O–H groups in total. The summed E-state index contributed by atoms with van der Waals surface area (Å²) in [4.78, 5) is 23.5. The predicted molar refractivity (Wildman–Crippen MR) is 74.8 cm³/mol. The van der Waals surface area contributed by atoms with Crippen molar-refractivity contribution >= 4 is 11.8 Å². The van der Waals surface area contributed by atoms with Gasteiger partial charge in [0.05, 0.1) is 12.6 Å². The number of carbonyl (C=O) groups is 2. The SMILES string of the molecule is CC(NC(=O)C(=O)NCC1(CO)CC1)c1ccccc1. The Balaban J connectivity index is 1.80. The Hall–Kier alpha value is -1.88. The van der Waals surface area contributed by atoms with E-state index in [0.29, 0.717) is 6.54 Å². The molecule has 2 rings (SSSR count). The van der Waals surface area contributed by atoms with Crippen LogP contribution in [0.4, 0.5) is 0 Å². The lowest BCUT2D eigenvalue weighted by molar-refractivity contribution is -0.139. The second-order valence-electron chi connectivity index (χ2n) is 5.45. The van der Waals surface area contributed by atoms with Gasteiger partial charge >= 0.3 is 11.8 Å². The van der Waals surface area contributed by atoms with Crippen molar-refractivity contribution < 1.29 is 14.7 Å². The van der Waals surface area contributed by atoms with Crippen molar-refractivity contribution in [3.05, 3.63) is 35.9 Å². The van der Waals surface area contributed by atoms with Crippen molar-refractivity contribution in [3.63, 3.8) is 0 Å². The molecule has 1 aromatic carbocycles.